The van der Waals surface area contributed by atoms with Gasteiger partial charge in [0.25, 0.3) is 0 Å². The van der Waals surface area contributed by atoms with E-state index >= 15 is 0 Å². The summed E-state index contributed by atoms with van der Waals surface area (Å²) in [6.07, 6.45) is 5.39. The van der Waals surface area contributed by atoms with E-state index < -0.39 is 0 Å². The van der Waals surface area contributed by atoms with E-state index in [2.05, 4.69) is 4.90 Å². The van der Waals surface area contributed by atoms with Gasteiger partial charge in [-0.05, 0) is 31.4 Å². The molecule has 98 valence electrons. The molecule has 1 aliphatic carbocycles. The fraction of sp³-hybridized carbons (Fsp3) is 0.600. The van der Waals surface area contributed by atoms with Crippen LogP contribution in [0.3, 0.4) is 0 Å². The molecule has 0 atom stereocenters. The van der Waals surface area contributed by atoms with E-state index in [4.69, 9.17) is 5.11 Å². The maximum absolute atomic E-state index is 14.2. The minimum absolute atomic E-state index is 0.0408. The molecule has 1 aromatic carbocycles. The Bertz CT molecular complexity index is 440. The average Bonchev–Trinajstić information content (AvgIpc) is 2.95. The first kappa shape index (κ1) is 12.0. The van der Waals surface area contributed by atoms with Gasteiger partial charge in [-0.2, -0.15) is 0 Å². The lowest BCUT2D eigenvalue weighted by Crippen LogP contribution is -2.32. The molecule has 0 saturated heterocycles. The van der Waals surface area contributed by atoms with Crippen LogP contribution in [-0.2, 0) is 5.41 Å². The summed E-state index contributed by atoms with van der Waals surface area (Å²) in [4.78, 5) is 2.26. The summed E-state index contributed by atoms with van der Waals surface area (Å²) in [7, 11) is 0. The number of benzene rings is 1. The van der Waals surface area contributed by atoms with E-state index in [0.717, 1.165) is 43.6 Å². The quantitative estimate of drug-likeness (QED) is 0.890. The summed E-state index contributed by atoms with van der Waals surface area (Å²) in [6.45, 7) is 1.96. The molecule has 0 amide bonds. The molecule has 1 aliphatic heterocycles. The van der Waals surface area contributed by atoms with Crippen molar-refractivity contribution in [2.45, 2.75) is 37.5 Å². The van der Waals surface area contributed by atoms with Gasteiger partial charge in [-0.25, -0.2) is 4.39 Å². The van der Waals surface area contributed by atoms with Gasteiger partial charge in [0.15, 0.2) is 0 Å². The zero-order valence-corrected chi connectivity index (χ0v) is 10.7. The average molecular weight is 249 g/mol. The molecule has 3 heteroatoms. The molecule has 3 rings (SSSR count). The number of hydrogen-bond donors (Lipinski definition) is 1. The van der Waals surface area contributed by atoms with Crippen LogP contribution in [-0.4, -0.2) is 24.8 Å². The van der Waals surface area contributed by atoms with E-state index in [1.807, 2.05) is 6.07 Å². The molecule has 1 spiro atoms. The van der Waals surface area contributed by atoms with Gasteiger partial charge in [0, 0.05) is 36.4 Å². The van der Waals surface area contributed by atoms with Crippen molar-refractivity contribution in [3.05, 3.63) is 29.6 Å². The van der Waals surface area contributed by atoms with E-state index in [0.29, 0.717) is 0 Å². The molecule has 1 heterocycles. The zero-order chi connectivity index (χ0) is 12.6. The molecule has 1 N–H and O–H groups in total. The number of aliphatic hydroxyl groups excluding tert-OH is 1. The van der Waals surface area contributed by atoms with Gasteiger partial charge in [0.1, 0.15) is 5.82 Å². The van der Waals surface area contributed by atoms with Crippen LogP contribution in [0.4, 0.5) is 10.1 Å². The van der Waals surface area contributed by atoms with Crippen molar-refractivity contribution in [3.63, 3.8) is 0 Å². The van der Waals surface area contributed by atoms with Crippen LogP contribution in [0, 0.1) is 5.82 Å². The van der Waals surface area contributed by atoms with E-state index in [9.17, 15) is 4.39 Å². The lowest BCUT2D eigenvalue weighted by molar-refractivity contribution is 0.288. The van der Waals surface area contributed by atoms with Gasteiger partial charge in [0.05, 0.1) is 0 Å². The number of hydrogen-bond acceptors (Lipinski definition) is 2. The highest BCUT2D eigenvalue weighted by Crippen LogP contribution is 2.51. The van der Waals surface area contributed by atoms with Crippen molar-refractivity contribution in [3.8, 4) is 0 Å². The van der Waals surface area contributed by atoms with Gasteiger partial charge in [-0.3, -0.25) is 0 Å². The number of halogens is 1. The standard InChI is InChI=1S/C15H20FNO/c16-12-5-3-6-13-14(12)15(7-1-2-8-15)11-17(13)9-4-10-18/h3,5-6,18H,1-2,4,7-11H2. The van der Waals surface area contributed by atoms with Gasteiger partial charge in [0.2, 0.25) is 0 Å². The summed E-state index contributed by atoms with van der Waals surface area (Å²) in [5, 5.41) is 8.99. The molecule has 1 fully saturated rings. The smallest absolute Gasteiger partial charge is 0.129 e. The highest BCUT2D eigenvalue weighted by molar-refractivity contribution is 5.63. The second kappa shape index (κ2) is 4.54. The fourth-order valence-electron chi connectivity index (χ4n) is 3.75. The van der Waals surface area contributed by atoms with Crippen LogP contribution in [0.2, 0.25) is 0 Å². The summed E-state index contributed by atoms with van der Waals surface area (Å²) >= 11 is 0. The SMILES string of the molecule is OCCCN1CC2(CCCC2)c2c(F)cccc21. The molecule has 0 unspecified atom stereocenters. The lowest BCUT2D eigenvalue weighted by atomic mass is 9.80. The Hall–Kier alpha value is -1.09. The summed E-state index contributed by atoms with van der Waals surface area (Å²) < 4.78 is 14.2. The Morgan fingerprint density at radius 2 is 2.06 bits per heavy atom. The lowest BCUT2D eigenvalue weighted by Gasteiger charge is -2.25. The second-order valence-corrected chi connectivity index (χ2v) is 5.62. The van der Waals surface area contributed by atoms with Crippen LogP contribution in [0.5, 0.6) is 0 Å². The molecule has 0 aromatic heterocycles. The third-order valence-corrected chi connectivity index (χ3v) is 4.50. The van der Waals surface area contributed by atoms with Gasteiger partial charge >= 0.3 is 0 Å². The predicted molar refractivity (Wildman–Crippen MR) is 70.5 cm³/mol. The monoisotopic (exact) mass is 249 g/mol. The number of rotatable bonds is 3. The number of fused-ring (bicyclic) bond motifs is 2. The van der Waals surface area contributed by atoms with Crippen molar-refractivity contribution < 1.29 is 9.50 Å². The van der Waals surface area contributed by atoms with E-state index in [-0.39, 0.29) is 17.8 Å². The van der Waals surface area contributed by atoms with Crippen LogP contribution in [0.25, 0.3) is 0 Å². The Morgan fingerprint density at radius 1 is 1.28 bits per heavy atom. The van der Waals surface area contributed by atoms with Crippen molar-refractivity contribution in [2.75, 3.05) is 24.6 Å². The largest absolute Gasteiger partial charge is 0.396 e. The first-order valence-electron chi connectivity index (χ1n) is 6.92. The maximum Gasteiger partial charge on any atom is 0.129 e. The van der Waals surface area contributed by atoms with Gasteiger partial charge in [-0.15, -0.1) is 0 Å². The molecular formula is C15H20FNO. The highest BCUT2D eigenvalue weighted by atomic mass is 19.1. The first-order valence-corrected chi connectivity index (χ1v) is 6.92. The van der Waals surface area contributed by atoms with Crippen LogP contribution in [0.1, 0.15) is 37.7 Å². The van der Waals surface area contributed by atoms with Crippen molar-refractivity contribution in [1.29, 1.82) is 0 Å². The van der Waals surface area contributed by atoms with Crippen LogP contribution in [0.15, 0.2) is 18.2 Å². The van der Waals surface area contributed by atoms with E-state index in [1.54, 1.807) is 12.1 Å². The molecule has 0 radical (unpaired) electrons. The molecule has 1 saturated carbocycles. The van der Waals surface area contributed by atoms with Crippen LogP contribution < -0.4 is 4.90 Å². The Morgan fingerprint density at radius 3 is 2.78 bits per heavy atom. The Labute approximate surface area is 107 Å². The predicted octanol–water partition coefficient (Wildman–Crippen LogP) is 2.84. The van der Waals surface area contributed by atoms with Crippen molar-refractivity contribution >= 4 is 5.69 Å². The summed E-state index contributed by atoms with van der Waals surface area (Å²) in [6, 6.07) is 5.42. The molecule has 18 heavy (non-hydrogen) atoms. The van der Waals surface area contributed by atoms with Crippen molar-refractivity contribution in [1.82, 2.24) is 0 Å². The van der Waals surface area contributed by atoms with Crippen molar-refractivity contribution in [2.24, 2.45) is 0 Å². The second-order valence-electron chi connectivity index (χ2n) is 5.62. The third kappa shape index (κ3) is 1.72. The minimum Gasteiger partial charge on any atom is -0.396 e. The Kier molecular flexibility index (Phi) is 3.02. The van der Waals surface area contributed by atoms with Crippen LogP contribution >= 0.6 is 0 Å². The third-order valence-electron chi connectivity index (χ3n) is 4.50. The molecule has 1 aromatic rings. The number of nitrogens with zero attached hydrogens (tertiary/aromatic N) is 1. The molecule has 2 aliphatic rings. The number of anilines is 1. The molecule has 2 nitrogen and oxygen atoms in total. The number of aliphatic hydroxyl groups is 1. The summed E-state index contributed by atoms with van der Waals surface area (Å²) in [5.74, 6) is -0.0408. The van der Waals surface area contributed by atoms with Gasteiger partial charge < -0.3 is 10.0 Å². The maximum atomic E-state index is 14.2. The highest BCUT2D eigenvalue weighted by Gasteiger charge is 2.45. The topological polar surface area (TPSA) is 23.5 Å². The normalized spacial score (nSPS) is 20.7. The van der Waals surface area contributed by atoms with E-state index in [1.165, 1.54) is 12.8 Å². The summed E-state index contributed by atoms with van der Waals surface area (Å²) in [5.41, 5.74) is 2.06. The first-order chi connectivity index (χ1) is 8.77. The fourth-order valence-corrected chi connectivity index (χ4v) is 3.75. The van der Waals surface area contributed by atoms with Gasteiger partial charge in [-0.1, -0.05) is 18.9 Å². The Balaban J connectivity index is 1.99. The molecule has 0 bridgehead atoms. The minimum atomic E-state index is -0.0408. The molecular weight excluding hydrogens is 229 g/mol. The zero-order valence-electron chi connectivity index (χ0n) is 10.7.